The van der Waals surface area contributed by atoms with Crippen molar-refractivity contribution in [2.24, 2.45) is 9.32 Å². The SMILES string of the molecule is O=C=N[Si](N=C=O)(c1ccccc1)c1ccccc1. The molecule has 19 heavy (non-hydrogen) atoms. The van der Waals surface area contributed by atoms with E-state index in [1.54, 1.807) is 36.4 Å². The molecule has 4 nitrogen and oxygen atoms in total. The first-order valence-corrected chi connectivity index (χ1v) is 7.52. The largest absolute Gasteiger partial charge is 0.393 e. The molecule has 0 amide bonds. The zero-order valence-electron chi connectivity index (χ0n) is 9.98. The average Bonchev–Trinajstić information content (AvgIpc) is 2.49. The molecule has 0 heterocycles. The van der Waals surface area contributed by atoms with E-state index in [0.717, 1.165) is 10.4 Å². The summed E-state index contributed by atoms with van der Waals surface area (Å²) in [6.07, 6.45) is 3.11. The molecule has 0 aromatic heterocycles. The van der Waals surface area contributed by atoms with Crippen LogP contribution in [0.1, 0.15) is 0 Å². The lowest BCUT2D eigenvalue weighted by atomic mass is 10.4. The van der Waals surface area contributed by atoms with Crippen molar-refractivity contribution in [1.29, 1.82) is 0 Å². The highest BCUT2D eigenvalue weighted by molar-refractivity contribution is 7.00. The van der Waals surface area contributed by atoms with Gasteiger partial charge in [0.15, 0.2) is 0 Å². The Morgan fingerprint density at radius 3 is 1.37 bits per heavy atom. The molecular formula is C14H10N2O2Si. The normalized spacial score (nSPS) is 10.1. The number of nitrogens with zero attached hydrogens (tertiary/aromatic N) is 2. The summed E-state index contributed by atoms with van der Waals surface area (Å²) in [7, 11) is -3.14. The Bertz CT molecular complexity index is 586. The molecule has 0 spiro atoms. The van der Waals surface area contributed by atoms with E-state index in [1.165, 1.54) is 0 Å². The molecule has 0 aliphatic carbocycles. The van der Waals surface area contributed by atoms with Crippen LogP contribution in [-0.2, 0) is 9.59 Å². The van der Waals surface area contributed by atoms with Crippen LogP contribution >= 0.6 is 0 Å². The van der Waals surface area contributed by atoms with E-state index >= 15 is 0 Å². The molecule has 0 saturated carbocycles. The van der Waals surface area contributed by atoms with Gasteiger partial charge >= 0.3 is 8.40 Å². The summed E-state index contributed by atoms with van der Waals surface area (Å²) in [4.78, 5) is 21.6. The fraction of sp³-hybridized carbons (Fsp3) is 0. The van der Waals surface area contributed by atoms with Gasteiger partial charge < -0.3 is 0 Å². The maximum Gasteiger partial charge on any atom is 0.393 e. The van der Waals surface area contributed by atoms with Crippen LogP contribution in [0.4, 0.5) is 0 Å². The first-order valence-electron chi connectivity index (χ1n) is 5.62. The minimum Gasteiger partial charge on any atom is -0.212 e. The third kappa shape index (κ3) is 2.49. The van der Waals surface area contributed by atoms with Crippen molar-refractivity contribution in [3.8, 4) is 0 Å². The Morgan fingerprint density at radius 1 is 0.684 bits per heavy atom. The predicted octanol–water partition coefficient (Wildman–Crippen LogP) is 0.915. The van der Waals surface area contributed by atoms with Gasteiger partial charge in [0, 0.05) is 0 Å². The fourth-order valence-electron chi connectivity index (χ4n) is 1.92. The van der Waals surface area contributed by atoms with E-state index in [2.05, 4.69) is 9.32 Å². The zero-order valence-corrected chi connectivity index (χ0v) is 11.0. The average molecular weight is 266 g/mol. The minimum atomic E-state index is -3.14. The summed E-state index contributed by atoms with van der Waals surface area (Å²) in [5.41, 5.74) is 0. The molecule has 0 atom stereocenters. The van der Waals surface area contributed by atoms with E-state index in [0.29, 0.717) is 0 Å². The van der Waals surface area contributed by atoms with Crippen molar-refractivity contribution in [2.45, 2.75) is 0 Å². The zero-order chi connectivity index (χ0) is 13.6. The van der Waals surface area contributed by atoms with Gasteiger partial charge in [-0.1, -0.05) is 60.7 Å². The monoisotopic (exact) mass is 266 g/mol. The Hall–Kier alpha value is -2.58. The first-order chi connectivity index (χ1) is 9.33. The first kappa shape index (κ1) is 12.9. The smallest absolute Gasteiger partial charge is 0.212 e. The van der Waals surface area contributed by atoms with Gasteiger partial charge in [0.2, 0.25) is 12.2 Å². The van der Waals surface area contributed by atoms with Gasteiger partial charge in [-0.05, 0) is 10.4 Å². The number of hydrogen-bond acceptors (Lipinski definition) is 4. The van der Waals surface area contributed by atoms with Crippen LogP contribution in [0.5, 0.6) is 0 Å². The lowest BCUT2D eigenvalue weighted by Crippen LogP contribution is -2.55. The molecule has 0 fully saturated rings. The maximum absolute atomic E-state index is 10.8. The fourth-order valence-corrected chi connectivity index (χ4v) is 4.40. The summed E-state index contributed by atoms with van der Waals surface area (Å²) >= 11 is 0. The number of hydrogen-bond donors (Lipinski definition) is 0. The van der Waals surface area contributed by atoms with Gasteiger partial charge in [-0.15, -0.1) is 0 Å². The molecule has 0 bridgehead atoms. The van der Waals surface area contributed by atoms with Crippen LogP contribution in [0.3, 0.4) is 0 Å². The molecule has 0 unspecified atom stereocenters. The number of rotatable bonds is 4. The topological polar surface area (TPSA) is 58.9 Å². The third-order valence-electron chi connectivity index (χ3n) is 2.77. The standard InChI is InChI=1S/C14H10N2O2Si/c17-11-15-19(16-12-18,13-7-3-1-4-8-13)14-9-5-2-6-10-14/h1-10H. The molecule has 92 valence electrons. The maximum atomic E-state index is 10.8. The van der Waals surface area contributed by atoms with Gasteiger partial charge in [-0.3, -0.25) is 0 Å². The van der Waals surface area contributed by atoms with E-state index in [-0.39, 0.29) is 0 Å². The van der Waals surface area contributed by atoms with E-state index < -0.39 is 8.40 Å². The number of benzene rings is 2. The number of carbonyl (C=O) groups excluding carboxylic acids is 2. The highest BCUT2D eigenvalue weighted by Gasteiger charge is 2.39. The van der Waals surface area contributed by atoms with E-state index in [9.17, 15) is 9.59 Å². The molecule has 0 saturated heterocycles. The molecule has 0 radical (unpaired) electrons. The molecule has 5 heteroatoms. The Labute approximate surface area is 111 Å². The highest BCUT2D eigenvalue weighted by atomic mass is 28.3. The quantitative estimate of drug-likeness (QED) is 0.469. The molecule has 2 aromatic rings. The summed E-state index contributed by atoms with van der Waals surface area (Å²) in [6.45, 7) is 0. The van der Waals surface area contributed by atoms with E-state index in [4.69, 9.17) is 0 Å². The molecule has 0 aliphatic rings. The van der Waals surface area contributed by atoms with Crippen LogP contribution in [0.15, 0.2) is 70.0 Å². The highest BCUT2D eigenvalue weighted by Crippen LogP contribution is 2.08. The van der Waals surface area contributed by atoms with Crippen molar-refractivity contribution in [3.05, 3.63) is 60.7 Å². The Balaban J connectivity index is 2.75. The molecule has 0 N–H and O–H groups in total. The van der Waals surface area contributed by atoms with Crippen LogP contribution in [0, 0.1) is 0 Å². The third-order valence-corrected chi connectivity index (χ3v) is 5.87. The van der Waals surface area contributed by atoms with Crippen molar-refractivity contribution >= 4 is 30.9 Å². The molecule has 2 aromatic carbocycles. The van der Waals surface area contributed by atoms with Crippen molar-refractivity contribution < 1.29 is 9.59 Å². The summed E-state index contributed by atoms with van der Waals surface area (Å²) in [6, 6.07) is 18.2. The van der Waals surface area contributed by atoms with Crippen molar-refractivity contribution in [3.63, 3.8) is 0 Å². The number of isocyanates is 2. The molecule has 2 rings (SSSR count). The predicted molar refractivity (Wildman–Crippen MR) is 74.1 cm³/mol. The summed E-state index contributed by atoms with van der Waals surface area (Å²) < 4.78 is 7.78. The van der Waals surface area contributed by atoms with Crippen LogP contribution < -0.4 is 10.4 Å². The molecule has 0 aliphatic heterocycles. The van der Waals surface area contributed by atoms with Gasteiger partial charge in [0.05, 0.1) is 0 Å². The Kier molecular flexibility index (Phi) is 3.96. The van der Waals surface area contributed by atoms with Crippen LogP contribution in [0.2, 0.25) is 0 Å². The minimum absolute atomic E-state index is 0.743. The van der Waals surface area contributed by atoms with Crippen LogP contribution in [0.25, 0.3) is 0 Å². The second-order valence-corrected chi connectivity index (χ2v) is 6.76. The van der Waals surface area contributed by atoms with Gasteiger partial charge in [-0.25, -0.2) is 18.9 Å². The lowest BCUT2D eigenvalue weighted by molar-refractivity contribution is 0.565. The molecular weight excluding hydrogens is 256 g/mol. The second kappa shape index (κ2) is 5.84. The Morgan fingerprint density at radius 2 is 1.05 bits per heavy atom. The summed E-state index contributed by atoms with van der Waals surface area (Å²) in [5, 5.41) is 1.49. The van der Waals surface area contributed by atoms with Crippen LogP contribution in [-0.4, -0.2) is 20.6 Å². The van der Waals surface area contributed by atoms with Gasteiger partial charge in [-0.2, -0.15) is 0 Å². The van der Waals surface area contributed by atoms with Gasteiger partial charge in [0.25, 0.3) is 0 Å². The summed E-state index contributed by atoms with van der Waals surface area (Å²) in [5.74, 6) is 0. The van der Waals surface area contributed by atoms with E-state index in [1.807, 2.05) is 36.4 Å². The van der Waals surface area contributed by atoms with Crippen molar-refractivity contribution in [1.82, 2.24) is 0 Å². The van der Waals surface area contributed by atoms with Crippen molar-refractivity contribution in [2.75, 3.05) is 0 Å². The second-order valence-electron chi connectivity index (χ2n) is 3.81. The van der Waals surface area contributed by atoms with Gasteiger partial charge in [0.1, 0.15) is 0 Å². The lowest BCUT2D eigenvalue weighted by Gasteiger charge is -2.19.